The Kier molecular flexibility index (Phi) is 7.04. The number of fused-ring (bicyclic) bond motifs is 1. The quantitative estimate of drug-likeness (QED) is 0.599. The molecule has 0 unspecified atom stereocenters. The topological polar surface area (TPSA) is 87.2 Å². The van der Waals surface area contributed by atoms with E-state index in [-0.39, 0.29) is 37.1 Å². The first-order valence-electron chi connectivity index (χ1n) is 5.65. The molecular formula is C14H16Cl2N2O2. The second-order valence-electron chi connectivity index (χ2n) is 4.20. The number of rotatable bonds is 4. The lowest BCUT2D eigenvalue weighted by Crippen LogP contribution is -2.10. The van der Waals surface area contributed by atoms with E-state index in [4.69, 9.17) is 16.2 Å². The van der Waals surface area contributed by atoms with Crippen molar-refractivity contribution in [3.63, 3.8) is 0 Å². The molecule has 0 aromatic heterocycles. The third kappa shape index (κ3) is 4.40. The second kappa shape index (κ2) is 7.72. The number of nitrogens with one attached hydrogen (secondary N) is 1. The number of carboxylic acids is 1. The first-order valence-corrected chi connectivity index (χ1v) is 5.65. The van der Waals surface area contributed by atoms with Gasteiger partial charge in [-0.2, -0.15) is 0 Å². The van der Waals surface area contributed by atoms with Crippen LogP contribution in [-0.4, -0.2) is 16.9 Å². The molecule has 2 aromatic rings. The van der Waals surface area contributed by atoms with Crippen LogP contribution in [0.15, 0.2) is 36.4 Å². The number of nitrogen functional groups attached to an aromatic ring is 1. The summed E-state index contributed by atoms with van der Waals surface area (Å²) in [5.74, 6) is -0.763. The highest BCUT2D eigenvalue weighted by Crippen LogP contribution is 2.18. The van der Waals surface area contributed by atoms with Gasteiger partial charge in [-0.3, -0.25) is 10.2 Å². The fourth-order valence-electron chi connectivity index (χ4n) is 1.87. The van der Waals surface area contributed by atoms with Crippen molar-refractivity contribution in [2.75, 3.05) is 0 Å². The summed E-state index contributed by atoms with van der Waals surface area (Å²) in [6, 6.07) is 11.4. The lowest BCUT2D eigenvalue weighted by atomic mass is 10.0. The van der Waals surface area contributed by atoms with Crippen molar-refractivity contribution in [3.05, 3.63) is 47.5 Å². The molecule has 4 N–H and O–H groups in total. The third-order valence-electron chi connectivity index (χ3n) is 2.84. The number of hydrogen-bond donors (Lipinski definition) is 3. The van der Waals surface area contributed by atoms with Gasteiger partial charge in [0.2, 0.25) is 0 Å². The molecule has 0 saturated carbocycles. The highest BCUT2D eigenvalue weighted by Gasteiger charge is 2.02. The summed E-state index contributed by atoms with van der Waals surface area (Å²) in [6.45, 7) is 0. The number of aryl methyl sites for hydroxylation is 1. The summed E-state index contributed by atoms with van der Waals surface area (Å²) >= 11 is 0. The number of carbonyl (C=O) groups is 1. The highest BCUT2D eigenvalue weighted by molar-refractivity contribution is 5.99. The van der Waals surface area contributed by atoms with Crippen LogP contribution in [0.1, 0.15) is 17.5 Å². The Labute approximate surface area is 129 Å². The molecule has 0 aliphatic carbocycles. The molecule has 0 aliphatic rings. The molecule has 0 radical (unpaired) electrons. The van der Waals surface area contributed by atoms with Crippen LogP contribution >= 0.6 is 24.8 Å². The van der Waals surface area contributed by atoms with E-state index < -0.39 is 5.97 Å². The van der Waals surface area contributed by atoms with Crippen molar-refractivity contribution < 1.29 is 9.90 Å². The van der Waals surface area contributed by atoms with Gasteiger partial charge in [0.1, 0.15) is 5.84 Å². The van der Waals surface area contributed by atoms with Gasteiger partial charge in [0, 0.05) is 12.0 Å². The molecule has 0 fully saturated rings. The molecule has 0 amide bonds. The summed E-state index contributed by atoms with van der Waals surface area (Å²) in [7, 11) is 0. The summed E-state index contributed by atoms with van der Waals surface area (Å²) in [5.41, 5.74) is 7.10. The zero-order valence-corrected chi connectivity index (χ0v) is 12.3. The Morgan fingerprint density at radius 1 is 1.10 bits per heavy atom. The number of hydrogen-bond acceptors (Lipinski definition) is 2. The van der Waals surface area contributed by atoms with Gasteiger partial charge in [-0.25, -0.2) is 0 Å². The minimum absolute atomic E-state index is 0. The van der Waals surface area contributed by atoms with Crippen LogP contribution in [0.25, 0.3) is 10.8 Å². The Bertz CT molecular complexity index is 630. The molecular weight excluding hydrogens is 299 g/mol. The van der Waals surface area contributed by atoms with Crippen LogP contribution < -0.4 is 5.73 Å². The van der Waals surface area contributed by atoms with E-state index >= 15 is 0 Å². The van der Waals surface area contributed by atoms with Crippen LogP contribution in [0, 0.1) is 5.41 Å². The molecule has 2 aromatic carbocycles. The maximum absolute atomic E-state index is 10.5. The Morgan fingerprint density at radius 2 is 1.75 bits per heavy atom. The summed E-state index contributed by atoms with van der Waals surface area (Å²) in [4.78, 5) is 10.5. The monoisotopic (exact) mass is 314 g/mol. The second-order valence-corrected chi connectivity index (χ2v) is 4.20. The molecule has 20 heavy (non-hydrogen) atoms. The predicted octanol–water partition coefficient (Wildman–Crippen LogP) is 2.98. The molecule has 0 heterocycles. The lowest BCUT2D eigenvalue weighted by molar-refractivity contribution is -0.136. The molecule has 6 heteroatoms. The Balaban J connectivity index is 0.00000180. The molecule has 0 aliphatic heterocycles. The first-order chi connectivity index (χ1) is 8.56. The predicted molar refractivity (Wildman–Crippen MR) is 85.4 cm³/mol. The average molecular weight is 315 g/mol. The van der Waals surface area contributed by atoms with Crippen molar-refractivity contribution in [3.8, 4) is 0 Å². The van der Waals surface area contributed by atoms with E-state index in [1.165, 1.54) is 0 Å². The van der Waals surface area contributed by atoms with E-state index in [0.717, 1.165) is 16.3 Å². The van der Waals surface area contributed by atoms with Crippen LogP contribution in [0.4, 0.5) is 0 Å². The lowest BCUT2D eigenvalue weighted by Gasteiger charge is -2.05. The SMILES string of the molecule is Cl.Cl.N=C(N)c1ccc2ccc(CCC(=O)O)cc2c1. The maximum Gasteiger partial charge on any atom is 0.303 e. The minimum atomic E-state index is -0.799. The van der Waals surface area contributed by atoms with Crippen LogP contribution in [-0.2, 0) is 11.2 Å². The number of carboxylic acid groups (broad SMARTS) is 1. The van der Waals surface area contributed by atoms with Gasteiger partial charge in [0.25, 0.3) is 0 Å². The van der Waals surface area contributed by atoms with Crippen LogP contribution in [0.2, 0.25) is 0 Å². The van der Waals surface area contributed by atoms with Crippen LogP contribution in [0.3, 0.4) is 0 Å². The molecule has 2 rings (SSSR count). The fourth-order valence-corrected chi connectivity index (χ4v) is 1.87. The molecule has 108 valence electrons. The summed E-state index contributed by atoms with van der Waals surface area (Å²) in [6.07, 6.45) is 0.632. The average Bonchev–Trinajstić information content (AvgIpc) is 2.35. The number of amidine groups is 1. The molecule has 0 saturated heterocycles. The summed E-state index contributed by atoms with van der Waals surface area (Å²) in [5, 5.41) is 18.1. The smallest absolute Gasteiger partial charge is 0.303 e. The van der Waals surface area contributed by atoms with Gasteiger partial charge in [0.15, 0.2) is 0 Å². The van der Waals surface area contributed by atoms with Gasteiger partial charge < -0.3 is 10.8 Å². The largest absolute Gasteiger partial charge is 0.481 e. The Hall–Kier alpha value is -1.78. The van der Waals surface area contributed by atoms with Crippen molar-refractivity contribution in [1.82, 2.24) is 0 Å². The number of nitrogens with two attached hydrogens (primary N) is 1. The maximum atomic E-state index is 10.5. The van der Waals surface area contributed by atoms with Crippen molar-refractivity contribution >= 4 is 47.4 Å². The van der Waals surface area contributed by atoms with Crippen molar-refractivity contribution in [1.29, 1.82) is 5.41 Å². The normalized spacial score (nSPS) is 9.40. The number of benzene rings is 2. The van der Waals surface area contributed by atoms with E-state index in [9.17, 15) is 4.79 Å². The van der Waals surface area contributed by atoms with E-state index in [1.54, 1.807) is 0 Å². The molecule has 0 atom stereocenters. The van der Waals surface area contributed by atoms with Gasteiger partial charge >= 0.3 is 5.97 Å². The van der Waals surface area contributed by atoms with E-state index in [2.05, 4.69) is 0 Å². The van der Waals surface area contributed by atoms with Crippen LogP contribution in [0.5, 0.6) is 0 Å². The van der Waals surface area contributed by atoms with Gasteiger partial charge in [-0.15, -0.1) is 24.8 Å². The van der Waals surface area contributed by atoms with E-state index in [1.807, 2.05) is 36.4 Å². The van der Waals surface area contributed by atoms with Crippen molar-refractivity contribution in [2.45, 2.75) is 12.8 Å². The van der Waals surface area contributed by atoms with Gasteiger partial charge in [-0.05, 0) is 28.8 Å². The molecule has 0 spiro atoms. The highest BCUT2D eigenvalue weighted by atomic mass is 35.5. The minimum Gasteiger partial charge on any atom is -0.481 e. The standard InChI is InChI=1S/C14H14N2O2.2ClH/c15-14(16)11-5-4-10-3-1-9(2-6-13(17)18)7-12(10)8-11;;/h1,3-5,7-8H,2,6H2,(H3,15,16)(H,17,18);2*1H. The van der Waals surface area contributed by atoms with Gasteiger partial charge in [-0.1, -0.05) is 30.3 Å². The molecule has 0 bridgehead atoms. The fraction of sp³-hybridized carbons (Fsp3) is 0.143. The Morgan fingerprint density at radius 3 is 2.35 bits per heavy atom. The number of aliphatic carboxylic acids is 1. The zero-order valence-electron chi connectivity index (χ0n) is 10.6. The van der Waals surface area contributed by atoms with E-state index in [0.29, 0.717) is 12.0 Å². The van der Waals surface area contributed by atoms with Gasteiger partial charge in [0.05, 0.1) is 0 Å². The third-order valence-corrected chi connectivity index (χ3v) is 2.84. The van der Waals surface area contributed by atoms with Crippen molar-refractivity contribution in [2.24, 2.45) is 5.73 Å². The summed E-state index contributed by atoms with van der Waals surface area (Å²) < 4.78 is 0. The zero-order chi connectivity index (χ0) is 13.1. The number of halogens is 2. The molecule has 4 nitrogen and oxygen atoms in total. The first kappa shape index (κ1) is 18.2.